The van der Waals surface area contributed by atoms with Crippen molar-refractivity contribution in [2.24, 2.45) is 0 Å². The van der Waals surface area contributed by atoms with E-state index in [9.17, 15) is 0 Å². The average Bonchev–Trinajstić information content (AvgIpc) is 1.36. The molecular weight excluding hydrogens is 93.0 g/mol. The molecule has 0 N–H and O–H groups in total. The largest absolute Gasteiger partial charge is 0.281 e. The lowest BCUT2D eigenvalue weighted by atomic mass is 10.7. The molecule has 1 nitrogen and oxygen atoms in total. The summed E-state index contributed by atoms with van der Waals surface area (Å²) in [6, 6.07) is 0. The molecule has 0 unspecified atom stereocenters. The van der Waals surface area contributed by atoms with Gasteiger partial charge in [0.2, 0.25) is 0 Å². The van der Waals surface area contributed by atoms with Crippen LogP contribution in [0.25, 0.3) is 0 Å². The highest BCUT2D eigenvalue weighted by atomic mass is 31.0. The van der Waals surface area contributed by atoms with Crippen molar-refractivity contribution in [2.75, 3.05) is 14.1 Å². The minimum atomic E-state index is 1.15. The molecule has 2 heteroatoms. The second-order valence-corrected chi connectivity index (χ2v) is 2.20. The number of rotatable bonds is 1. The first-order chi connectivity index (χ1) is 2.64. The minimum Gasteiger partial charge on any atom is -0.281 e. The Bertz CT molecular complexity index is 58.6. The Morgan fingerprint density at radius 2 is 1.67 bits per heavy atom. The van der Waals surface area contributed by atoms with Crippen LogP contribution < -0.4 is 0 Å². The molecule has 0 aromatic carbocycles. The van der Waals surface area contributed by atoms with Gasteiger partial charge in [0.05, 0.1) is 0 Å². The normalized spacial score (nSPS) is 9.33. The van der Waals surface area contributed by atoms with E-state index in [4.69, 9.17) is 0 Å². The molecule has 0 radical (unpaired) electrons. The van der Waals surface area contributed by atoms with Gasteiger partial charge >= 0.3 is 0 Å². The van der Waals surface area contributed by atoms with Crippen LogP contribution in [0.2, 0.25) is 0 Å². The van der Waals surface area contributed by atoms with Crippen LogP contribution in [0.15, 0.2) is 0 Å². The van der Waals surface area contributed by atoms with Crippen molar-refractivity contribution in [2.45, 2.75) is 6.92 Å². The number of hydrogen-bond acceptors (Lipinski definition) is 0. The maximum Gasteiger partial charge on any atom is 0.0107 e. The van der Waals surface area contributed by atoms with E-state index in [0.717, 1.165) is 5.42 Å². The molecule has 6 heavy (non-hydrogen) atoms. The summed E-state index contributed by atoms with van der Waals surface area (Å²) < 4.78 is 0. The van der Waals surface area contributed by atoms with Crippen molar-refractivity contribution in [3.8, 4) is 0 Å². The molecule has 0 rings (SSSR count). The fourth-order valence-corrected chi connectivity index (χ4v) is 0. The van der Waals surface area contributed by atoms with Crippen LogP contribution in [0.5, 0.6) is 0 Å². The molecule has 0 saturated carbocycles. The van der Waals surface area contributed by atoms with Crippen molar-refractivity contribution in [1.82, 2.24) is 4.90 Å². The van der Waals surface area contributed by atoms with Gasteiger partial charge in [-0.1, -0.05) is 0 Å². The van der Waals surface area contributed by atoms with Crippen LogP contribution in [0.1, 0.15) is 6.92 Å². The van der Waals surface area contributed by atoms with Crippen molar-refractivity contribution >= 4 is 14.3 Å². The van der Waals surface area contributed by atoms with E-state index in [1.807, 2.05) is 25.9 Å². The zero-order valence-electron chi connectivity index (χ0n) is 4.45. The highest BCUT2D eigenvalue weighted by molar-refractivity contribution is 7.20. The van der Waals surface area contributed by atoms with Gasteiger partial charge in [0.1, 0.15) is 0 Å². The van der Waals surface area contributed by atoms with Gasteiger partial charge in [-0.3, -0.25) is 4.90 Å². The Kier molecular flexibility index (Phi) is 2.38. The Balaban J connectivity index is 3.26. The highest BCUT2D eigenvalue weighted by Gasteiger charge is 1.82. The quantitative estimate of drug-likeness (QED) is 0.444. The van der Waals surface area contributed by atoms with E-state index < -0.39 is 0 Å². The minimum absolute atomic E-state index is 1.15. The molecular formula is C4H10NP. The van der Waals surface area contributed by atoms with Crippen molar-refractivity contribution in [3.63, 3.8) is 0 Å². The van der Waals surface area contributed by atoms with Gasteiger partial charge in [-0.25, -0.2) is 0 Å². The number of nitrogens with zero attached hydrogens (tertiary/aromatic N) is 1. The van der Waals surface area contributed by atoms with E-state index in [1.165, 1.54) is 0 Å². The molecule has 0 heterocycles. The molecule has 0 atom stereocenters. The summed E-state index contributed by atoms with van der Waals surface area (Å²) in [4.78, 5) is 2.00. The summed E-state index contributed by atoms with van der Waals surface area (Å²) in [6.45, 7) is 2.00. The second-order valence-electron chi connectivity index (χ2n) is 1.48. The SMILES string of the molecule is CC(=P)N(C)C. The third-order valence-electron chi connectivity index (χ3n) is 0.671. The van der Waals surface area contributed by atoms with E-state index >= 15 is 0 Å². The Morgan fingerprint density at radius 3 is 1.67 bits per heavy atom. The molecule has 0 saturated heterocycles. The molecule has 0 spiro atoms. The highest BCUT2D eigenvalue weighted by Crippen LogP contribution is 1.79. The van der Waals surface area contributed by atoms with E-state index in [-0.39, 0.29) is 0 Å². The van der Waals surface area contributed by atoms with Crippen molar-refractivity contribution in [1.29, 1.82) is 0 Å². The first kappa shape index (κ1) is 6.13. The Hall–Kier alpha value is 0.130. The molecule has 0 bridgehead atoms. The van der Waals surface area contributed by atoms with Crippen molar-refractivity contribution in [3.05, 3.63) is 0 Å². The monoisotopic (exact) mass is 103 g/mol. The third-order valence-corrected chi connectivity index (χ3v) is 1.12. The lowest BCUT2D eigenvalue weighted by Gasteiger charge is -2.04. The maximum atomic E-state index is 3.33. The molecule has 0 aromatic heterocycles. The van der Waals surface area contributed by atoms with Gasteiger partial charge in [0.15, 0.2) is 0 Å². The third kappa shape index (κ3) is 2.37. The van der Waals surface area contributed by atoms with Crippen LogP contribution >= 0.6 is 8.86 Å². The van der Waals surface area contributed by atoms with Crippen LogP contribution in [0.4, 0.5) is 0 Å². The van der Waals surface area contributed by atoms with Crippen molar-refractivity contribution < 1.29 is 0 Å². The average molecular weight is 103 g/mol. The summed E-state index contributed by atoms with van der Waals surface area (Å²) in [6.07, 6.45) is 0. The molecule has 0 fully saturated rings. The smallest absolute Gasteiger partial charge is 0.0107 e. The summed E-state index contributed by atoms with van der Waals surface area (Å²) in [5.41, 5.74) is 1.15. The van der Waals surface area contributed by atoms with Gasteiger partial charge in [-0.15, -0.1) is 8.86 Å². The summed E-state index contributed by atoms with van der Waals surface area (Å²) in [5.74, 6) is 0. The van der Waals surface area contributed by atoms with E-state index in [2.05, 4.69) is 8.86 Å². The van der Waals surface area contributed by atoms with Gasteiger partial charge in [-0.2, -0.15) is 0 Å². The molecule has 0 amide bonds. The van der Waals surface area contributed by atoms with E-state index in [1.54, 1.807) is 0 Å². The second kappa shape index (κ2) is 2.33. The first-order valence-corrected chi connectivity index (χ1v) is 2.37. The summed E-state index contributed by atoms with van der Waals surface area (Å²) in [7, 11) is 7.30. The zero-order valence-corrected chi connectivity index (χ0v) is 5.45. The first-order valence-electron chi connectivity index (χ1n) is 1.87. The van der Waals surface area contributed by atoms with Gasteiger partial charge < -0.3 is 0 Å². The predicted molar refractivity (Wildman–Crippen MR) is 32.7 cm³/mol. The summed E-state index contributed by atoms with van der Waals surface area (Å²) in [5, 5.41) is 0. The van der Waals surface area contributed by atoms with E-state index in [0.29, 0.717) is 0 Å². The van der Waals surface area contributed by atoms with Crippen LogP contribution in [0.3, 0.4) is 0 Å². The lowest BCUT2D eigenvalue weighted by Crippen LogP contribution is -2.14. The standard InChI is InChI=1S/C4H10NP/c1-4(6)5(2)3/h6H,1-3H3. The fourth-order valence-electron chi connectivity index (χ4n) is 0. The molecule has 0 aromatic rings. The van der Waals surface area contributed by atoms with Gasteiger partial charge in [0, 0.05) is 5.42 Å². The predicted octanol–water partition coefficient (Wildman–Crippen LogP) is 0.841. The molecule has 36 valence electrons. The molecule has 0 aliphatic rings. The van der Waals surface area contributed by atoms with Crippen LogP contribution in [0, 0.1) is 0 Å². The van der Waals surface area contributed by atoms with Crippen LogP contribution in [-0.4, -0.2) is 24.4 Å². The number of hydrogen-bond donors (Lipinski definition) is 0. The maximum absolute atomic E-state index is 3.33. The Morgan fingerprint density at radius 1 is 1.50 bits per heavy atom. The topological polar surface area (TPSA) is 3.24 Å². The molecule has 0 aliphatic carbocycles. The van der Waals surface area contributed by atoms with Crippen LogP contribution in [-0.2, 0) is 0 Å². The van der Waals surface area contributed by atoms with Gasteiger partial charge in [0.25, 0.3) is 0 Å². The van der Waals surface area contributed by atoms with Gasteiger partial charge in [-0.05, 0) is 21.0 Å². The molecule has 0 aliphatic heterocycles. The zero-order chi connectivity index (χ0) is 5.15. The summed E-state index contributed by atoms with van der Waals surface area (Å²) >= 11 is 0. The Labute approximate surface area is 41.2 Å². The lowest BCUT2D eigenvalue weighted by molar-refractivity contribution is 0.631. The fraction of sp³-hybridized carbons (Fsp3) is 0.750.